The Hall–Kier alpha value is 0.310. The first-order valence-electron chi connectivity index (χ1n) is 6.60. The van der Waals surface area contributed by atoms with E-state index in [0.717, 1.165) is 17.6 Å². The SMILES string of the molecule is CCCC[N+](CC=CCl)(CC=CCl)CCCC.[Cl-]. The molecule has 0 aliphatic carbocycles. The summed E-state index contributed by atoms with van der Waals surface area (Å²) in [5.41, 5.74) is 3.27. The standard InChI is InChI=1S/C14H26Cl2N.ClH/c1-3-5-11-17(12-6-4-2,13-7-9-15)14-8-10-16;/h7-10H,3-6,11-14H2,1-2H3;1H/q+1;/p-1. The molecule has 0 aromatic rings. The van der Waals surface area contributed by atoms with Crippen molar-refractivity contribution >= 4 is 23.2 Å². The maximum absolute atomic E-state index is 5.68. The van der Waals surface area contributed by atoms with Gasteiger partial charge < -0.3 is 16.9 Å². The topological polar surface area (TPSA) is 0 Å². The van der Waals surface area contributed by atoms with Crippen LogP contribution >= 0.6 is 23.2 Å². The second kappa shape index (κ2) is 13.7. The molecule has 0 amide bonds. The van der Waals surface area contributed by atoms with Gasteiger partial charge in [-0.1, -0.05) is 49.9 Å². The predicted molar refractivity (Wildman–Crippen MR) is 79.5 cm³/mol. The third kappa shape index (κ3) is 9.27. The van der Waals surface area contributed by atoms with Crippen molar-refractivity contribution < 1.29 is 16.9 Å². The van der Waals surface area contributed by atoms with E-state index in [0.29, 0.717) is 0 Å². The number of halogens is 3. The van der Waals surface area contributed by atoms with Gasteiger partial charge in [0, 0.05) is 11.1 Å². The van der Waals surface area contributed by atoms with Gasteiger partial charge in [-0.15, -0.1) is 0 Å². The molecule has 0 aliphatic heterocycles. The van der Waals surface area contributed by atoms with Gasteiger partial charge in [-0.3, -0.25) is 0 Å². The summed E-state index contributed by atoms with van der Waals surface area (Å²) >= 11 is 11.4. The van der Waals surface area contributed by atoms with E-state index in [2.05, 4.69) is 26.0 Å². The van der Waals surface area contributed by atoms with Crippen molar-refractivity contribution in [3.63, 3.8) is 0 Å². The molecule has 18 heavy (non-hydrogen) atoms. The first-order chi connectivity index (χ1) is 8.24. The molecule has 1 nitrogen and oxygen atoms in total. The van der Waals surface area contributed by atoms with E-state index in [1.807, 2.05) is 0 Å². The lowest BCUT2D eigenvalue weighted by atomic mass is 10.2. The fourth-order valence-corrected chi connectivity index (χ4v) is 2.22. The third-order valence-electron chi connectivity index (χ3n) is 3.14. The first kappa shape index (κ1) is 20.6. The van der Waals surface area contributed by atoms with Crippen molar-refractivity contribution in [1.29, 1.82) is 0 Å². The summed E-state index contributed by atoms with van der Waals surface area (Å²) in [6, 6.07) is 0. The Labute approximate surface area is 129 Å². The van der Waals surface area contributed by atoms with E-state index < -0.39 is 0 Å². The Morgan fingerprint density at radius 3 is 1.50 bits per heavy atom. The van der Waals surface area contributed by atoms with E-state index >= 15 is 0 Å². The molecule has 0 atom stereocenters. The van der Waals surface area contributed by atoms with E-state index in [9.17, 15) is 0 Å². The van der Waals surface area contributed by atoms with E-state index in [1.54, 1.807) is 11.1 Å². The van der Waals surface area contributed by atoms with Crippen molar-refractivity contribution in [3.8, 4) is 0 Å². The van der Waals surface area contributed by atoms with Gasteiger partial charge in [0.15, 0.2) is 0 Å². The smallest absolute Gasteiger partial charge is 0.0987 e. The van der Waals surface area contributed by atoms with E-state index in [-0.39, 0.29) is 12.4 Å². The zero-order chi connectivity index (χ0) is 13.0. The Morgan fingerprint density at radius 1 is 0.833 bits per heavy atom. The van der Waals surface area contributed by atoms with Crippen LogP contribution in [0.1, 0.15) is 39.5 Å². The average Bonchev–Trinajstić information content (AvgIpc) is 2.37. The minimum atomic E-state index is 0. The molecular weight excluding hydrogens is 289 g/mol. The normalized spacial score (nSPS) is 12.2. The van der Waals surface area contributed by atoms with Crippen molar-refractivity contribution in [2.24, 2.45) is 0 Å². The maximum Gasteiger partial charge on any atom is 0.0987 e. The number of quaternary nitrogens is 1. The molecule has 0 saturated heterocycles. The molecule has 4 heteroatoms. The molecule has 0 aromatic carbocycles. The molecule has 0 bridgehead atoms. The lowest BCUT2D eigenvalue weighted by Gasteiger charge is -2.37. The Balaban J connectivity index is 0. The van der Waals surface area contributed by atoms with Crippen LogP contribution in [0.3, 0.4) is 0 Å². The first-order valence-corrected chi connectivity index (χ1v) is 7.47. The zero-order valence-electron chi connectivity index (χ0n) is 11.5. The number of unbranched alkanes of at least 4 members (excludes halogenated alkanes) is 2. The van der Waals surface area contributed by atoms with Gasteiger partial charge in [0.1, 0.15) is 0 Å². The molecule has 0 aliphatic rings. The molecule has 0 N–H and O–H groups in total. The summed E-state index contributed by atoms with van der Waals surface area (Å²) < 4.78 is 1.08. The molecule has 0 spiro atoms. The molecule has 0 rings (SSSR count). The molecular formula is C14H26Cl3N. The van der Waals surface area contributed by atoms with Crippen molar-refractivity contribution in [2.45, 2.75) is 39.5 Å². The number of hydrogen-bond acceptors (Lipinski definition) is 0. The highest BCUT2D eigenvalue weighted by atomic mass is 35.5. The molecule has 108 valence electrons. The largest absolute Gasteiger partial charge is 1.00 e. The Morgan fingerprint density at radius 2 is 1.22 bits per heavy atom. The van der Waals surface area contributed by atoms with Crippen LogP contribution in [0, 0.1) is 0 Å². The second-order valence-electron chi connectivity index (χ2n) is 4.58. The van der Waals surface area contributed by atoms with Crippen LogP contribution < -0.4 is 12.4 Å². The monoisotopic (exact) mass is 313 g/mol. The molecule has 0 aromatic heterocycles. The van der Waals surface area contributed by atoms with E-state index in [4.69, 9.17) is 23.2 Å². The van der Waals surface area contributed by atoms with Gasteiger partial charge in [0.25, 0.3) is 0 Å². The van der Waals surface area contributed by atoms with Crippen LogP contribution in [0.4, 0.5) is 0 Å². The average molecular weight is 315 g/mol. The number of nitrogens with zero attached hydrogens (tertiary/aromatic N) is 1. The zero-order valence-corrected chi connectivity index (χ0v) is 13.8. The van der Waals surface area contributed by atoms with Crippen molar-refractivity contribution in [3.05, 3.63) is 23.2 Å². The van der Waals surface area contributed by atoms with Gasteiger partial charge in [-0.25, -0.2) is 0 Å². The number of hydrogen-bond donors (Lipinski definition) is 0. The van der Waals surface area contributed by atoms with Gasteiger partial charge in [-0.05, 0) is 25.0 Å². The summed E-state index contributed by atoms with van der Waals surface area (Å²) in [5.74, 6) is 0. The summed E-state index contributed by atoms with van der Waals surface area (Å²) in [6.45, 7) is 8.90. The highest BCUT2D eigenvalue weighted by Gasteiger charge is 2.23. The fraction of sp³-hybridized carbons (Fsp3) is 0.714. The quantitative estimate of drug-likeness (QED) is 0.540. The molecule has 0 saturated carbocycles. The van der Waals surface area contributed by atoms with Crippen LogP contribution in [0.2, 0.25) is 0 Å². The maximum atomic E-state index is 5.68. The highest BCUT2D eigenvalue weighted by molar-refractivity contribution is 6.25. The molecule has 0 unspecified atom stereocenters. The van der Waals surface area contributed by atoms with Crippen LogP contribution in [-0.2, 0) is 0 Å². The van der Waals surface area contributed by atoms with Gasteiger partial charge in [-0.2, -0.15) is 0 Å². The Bertz CT molecular complexity index is 203. The van der Waals surface area contributed by atoms with Crippen LogP contribution in [0.15, 0.2) is 23.2 Å². The fourth-order valence-electron chi connectivity index (χ4n) is 2.07. The van der Waals surface area contributed by atoms with Gasteiger partial charge in [0.05, 0.1) is 26.2 Å². The summed E-state index contributed by atoms with van der Waals surface area (Å²) in [6.07, 6.45) is 9.12. The predicted octanol–water partition coefficient (Wildman–Crippen LogP) is 1.91. The minimum absolute atomic E-state index is 0. The van der Waals surface area contributed by atoms with Crippen LogP contribution in [-0.4, -0.2) is 30.7 Å². The number of rotatable bonds is 10. The van der Waals surface area contributed by atoms with Crippen LogP contribution in [0.5, 0.6) is 0 Å². The minimum Gasteiger partial charge on any atom is -1.00 e. The van der Waals surface area contributed by atoms with Crippen molar-refractivity contribution in [1.82, 2.24) is 0 Å². The lowest BCUT2D eigenvalue weighted by molar-refractivity contribution is -0.917. The lowest BCUT2D eigenvalue weighted by Crippen LogP contribution is -3.00. The summed E-state index contributed by atoms with van der Waals surface area (Å²) in [7, 11) is 0. The summed E-state index contributed by atoms with van der Waals surface area (Å²) in [5, 5.41) is 0. The molecule has 0 radical (unpaired) electrons. The van der Waals surface area contributed by atoms with Gasteiger partial charge >= 0.3 is 0 Å². The van der Waals surface area contributed by atoms with Crippen LogP contribution in [0.25, 0.3) is 0 Å². The highest BCUT2D eigenvalue weighted by Crippen LogP contribution is 2.13. The van der Waals surface area contributed by atoms with Gasteiger partial charge in [0.2, 0.25) is 0 Å². The van der Waals surface area contributed by atoms with E-state index in [1.165, 1.54) is 38.8 Å². The second-order valence-corrected chi connectivity index (χ2v) is 5.09. The molecule has 0 heterocycles. The Kier molecular flexibility index (Phi) is 15.7. The summed E-state index contributed by atoms with van der Waals surface area (Å²) in [4.78, 5) is 0. The molecule has 0 fully saturated rings. The van der Waals surface area contributed by atoms with Crippen molar-refractivity contribution in [2.75, 3.05) is 26.2 Å². The third-order valence-corrected chi connectivity index (χ3v) is 3.49.